The predicted molar refractivity (Wildman–Crippen MR) is 106 cm³/mol. The molecule has 28 heavy (non-hydrogen) atoms. The minimum atomic E-state index is -0.471. The molecule has 0 spiro atoms. The summed E-state index contributed by atoms with van der Waals surface area (Å²) in [7, 11) is 0. The van der Waals surface area contributed by atoms with Gasteiger partial charge in [0.15, 0.2) is 0 Å². The number of carbonyl (C=O) groups is 2. The number of likely N-dealkylation sites (N-methyl/N-ethyl adjacent to an activating group) is 1. The van der Waals surface area contributed by atoms with Gasteiger partial charge in [0.05, 0.1) is 5.25 Å². The van der Waals surface area contributed by atoms with Crippen LogP contribution in [0, 0.1) is 11.6 Å². The number of carbonyl (C=O) groups excluding carboxylic acids is 2. The molecule has 0 unspecified atom stereocenters. The van der Waals surface area contributed by atoms with Crippen LogP contribution in [0.1, 0.15) is 35.1 Å². The molecule has 4 nitrogen and oxygen atoms in total. The summed E-state index contributed by atoms with van der Waals surface area (Å²) in [5.74, 6) is -1.19. The number of rotatable bonds is 6. The van der Waals surface area contributed by atoms with Gasteiger partial charge in [0.25, 0.3) is 5.91 Å². The summed E-state index contributed by atoms with van der Waals surface area (Å²) >= 11 is 1.40. The number of halogens is 2. The SMILES string of the molecule is CCN(CCN1C(=O)[C@@H](C)S[C@H]1c1ccccc1F)C(=O)c1cccc(F)c1. The third-order valence-corrected chi connectivity index (χ3v) is 6.15. The lowest BCUT2D eigenvalue weighted by molar-refractivity contribution is -0.130. The summed E-state index contributed by atoms with van der Waals surface area (Å²) in [5, 5.41) is -0.703. The van der Waals surface area contributed by atoms with E-state index in [4.69, 9.17) is 0 Å². The second kappa shape index (κ2) is 8.73. The normalized spacial score (nSPS) is 19.1. The molecule has 2 aromatic rings. The second-order valence-electron chi connectivity index (χ2n) is 6.58. The minimum absolute atomic E-state index is 0.0764. The van der Waals surface area contributed by atoms with Gasteiger partial charge in [0, 0.05) is 30.8 Å². The predicted octanol–water partition coefficient (Wildman–Crippen LogP) is 4.09. The van der Waals surface area contributed by atoms with Crippen LogP contribution in [0.5, 0.6) is 0 Å². The van der Waals surface area contributed by atoms with Crippen LogP contribution >= 0.6 is 11.8 Å². The van der Waals surface area contributed by atoms with Crippen LogP contribution in [0.15, 0.2) is 48.5 Å². The molecule has 148 valence electrons. The van der Waals surface area contributed by atoms with Gasteiger partial charge in [-0.05, 0) is 38.1 Å². The number of benzene rings is 2. The van der Waals surface area contributed by atoms with Gasteiger partial charge < -0.3 is 9.80 Å². The largest absolute Gasteiger partial charge is 0.337 e. The third kappa shape index (κ3) is 4.19. The molecule has 7 heteroatoms. The minimum Gasteiger partial charge on any atom is -0.337 e. The maximum Gasteiger partial charge on any atom is 0.254 e. The maximum absolute atomic E-state index is 14.3. The average molecular weight is 404 g/mol. The topological polar surface area (TPSA) is 40.6 Å². The standard InChI is InChI=1S/C21H22F2N2O2S/c1-3-24(20(27)15-7-6-8-16(22)13-15)11-12-25-19(26)14(2)28-21(25)17-9-4-5-10-18(17)23/h4-10,13-14,21H,3,11-12H2,1-2H3/t14-,21+/m1/s1. The highest BCUT2D eigenvalue weighted by atomic mass is 32.2. The van der Waals surface area contributed by atoms with Gasteiger partial charge >= 0.3 is 0 Å². The first-order valence-electron chi connectivity index (χ1n) is 9.17. The quantitative estimate of drug-likeness (QED) is 0.728. The van der Waals surface area contributed by atoms with E-state index in [1.807, 2.05) is 6.92 Å². The summed E-state index contributed by atoms with van der Waals surface area (Å²) in [6, 6.07) is 12.0. The molecule has 3 rings (SSSR count). The lowest BCUT2D eigenvalue weighted by atomic mass is 10.1. The monoisotopic (exact) mass is 404 g/mol. The molecule has 1 aliphatic heterocycles. The molecule has 2 aromatic carbocycles. The van der Waals surface area contributed by atoms with Gasteiger partial charge in [-0.25, -0.2) is 8.78 Å². The van der Waals surface area contributed by atoms with Crippen molar-refractivity contribution in [2.75, 3.05) is 19.6 Å². The number of hydrogen-bond donors (Lipinski definition) is 0. The highest BCUT2D eigenvalue weighted by Gasteiger charge is 2.39. The maximum atomic E-state index is 14.3. The van der Waals surface area contributed by atoms with E-state index in [0.717, 1.165) is 0 Å². The number of thioether (sulfide) groups is 1. The zero-order valence-corrected chi connectivity index (χ0v) is 16.6. The van der Waals surface area contributed by atoms with Crippen molar-refractivity contribution < 1.29 is 18.4 Å². The molecule has 1 aliphatic rings. The first kappa shape index (κ1) is 20.3. The molecule has 1 fully saturated rings. The van der Waals surface area contributed by atoms with Crippen LogP contribution in [0.4, 0.5) is 8.78 Å². The second-order valence-corrected chi connectivity index (χ2v) is 8.00. The van der Waals surface area contributed by atoms with E-state index in [-0.39, 0.29) is 41.5 Å². The van der Waals surface area contributed by atoms with Crippen molar-refractivity contribution in [1.82, 2.24) is 9.80 Å². The van der Waals surface area contributed by atoms with E-state index < -0.39 is 11.2 Å². The van der Waals surface area contributed by atoms with Crippen molar-refractivity contribution in [3.8, 4) is 0 Å². The third-order valence-electron chi connectivity index (χ3n) is 4.77. The highest BCUT2D eigenvalue weighted by Crippen LogP contribution is 2.43. The van der Waals surface area contributed by atoms with Gasteiger partial charge in [-0.3, -0.25) is 9.59 Å². The molecular weight excluding hydrogens is 382 g/mol. The number of hydrogen-bond acceptors (Lipinski definition) is 3. The fourth-order valence-electron chi connectivity index (χ4n) is 3.25. The molecule has 0 aromatic heterocycles. The van der Waals surface area contributed by atoms with Gasteiger partial charge in [0.2, 0.25) is 5.91 Å². The Morgan fingerprint density at radius 3 is 2.61 bits per heavy atom. The molecule has 1 saturated heterocycles. The van der Waals surface area contributed by atoms with Gasteiger partial charge in [-0.15, -0.1) is 11.8 Å². The summed E-state index contributed by atoms with van der Waals surface area (Å²) in [6.07, 6.45) is 0. The molecule has 2 atom stereocenters. The van der Waals surface area contributed by atoms with E-state index in [0.29, 0.717) is 12.1 Å². The zero-order chi connectivity index (χ0) is 20.3. The van der Waals surface area contributed by atoms with E-state index in [9.17, 15) is 18.4 Å². The molecule has 1 heterocycles. The summed E-state index contributed by atoms with van der Waals surface area (Å²) in [5.41, 5.74) is 0.729. The van der Waals surface area contributed by atoms with Crippen molar-refractivity contribution in [3.05, 3.63) is 71.3 Å². The Balaban J connectivity index is 1.75. The highest BCUT2D eigenvalue weighted by molar-refractivity contribution is 8.01. The Morgan fingerprint density at radius 1 is 1.18 bits per heavy atom. The van der Waals surface area contributed by atoms with Gasteiger partial charge in [-0.1, -0.05) is 24.3 Å². The Labute approximate surface area is 167 Å². The Hall–Kier alpha value is -2.41. The molecule has 0 aliphatic carbocycles. The Morgan fingerprint density at radius 2 is 1.93 bits per heavy atom. The van der Waals surface area contributed by atoms with Crippen LogP contribution in [0.25, 0.3) is 0 Å². The van der Waals surface area contributed by atoms with Crippen molar-refractivity contribution in [1.29, 1.82) is 0 Å². The summed E-state index contributed by atoms with van der Waals surface area (Å²) in [6.45, 7) is 4.62. The van der Waals surface area contributed by atoms with Crippen LogP contribution in [0.3, 0.4) is 0 Å². The first-order valence-corrected chi connectivity index (χ1v) is 10.1. The number of nitrogens with zero attached hydrogens (tertiary/aromatic N) is 2. The smallest absolute Gasteiger partial charge is 0.254 e. The van der Waals surface area contributed by atoms with Gasteiger partial charge in [0.1, 0.15) is 17.0 Å². The lowest BCUT2D eigenvalue weighted by Crippen LogP contribution is -2.40. The average Bonchev–Trinajstić information content (AvgIpc) is 2.97. The van der Waals surface area contributed by atoms with Crippen molar-refractivity contribution >= 4 is 23.6 Å². The molecule has 0 radical (unpaired) electrons. The molecule has 0 bridgehead atoms. The van der Waals surface area contributed by atoms with Gasteiger partial charge in [-0.2, -0.15) is 0 Å². The van der Waals surface area contributed by atoms with E-state index in [1.165, 1.54) is 36.0 Å². The van der Waals surface area contributed by atoms with Crippen LogP contribution in [-0.4, -0.2) is 46.5 Å². The Bertz CT molecular complexity index is 877. The van der Waals surface area contributed by atoms with Crippen molar-refractivity contribution in [3.63, 3.8) is 0 Å². The van der Waals surface area contributed by atoms with Crippen molar-refractivity contribution in [2.24, 2.45) is 0 Å². The fraction of sp³-hybridized carbons (Fsp3) is 0.333. The fourth-order valence-corrected chi connectivity index (χ4v) is 4.59. The zero-order valence-electron chi connectivity index (χ0n) is 15.8. The molecule has 2 amide bonds. The first-order chi connectivity index (χ1) is 13.4. The van der Waals surface area contributed by atoms with Crippen molar-refractivity contribution in [2.45, 2.75) is 24.5 Å². The Kier molecular flexibility index (Phi) is 6.34. The van der Waals surface area contributed by atoms with E-state index >= 15 is 0 Å². The van der Waals surface area contributed by atoms with Crippen LogP contribution < -0.4 is 0 Å². The number of amides is 2. The molecular formula is C21H22F2N2O2S. The van der Waals surface area contributed by atoms with Crippen LogP contribution in [-0.2, 0) is 4.79 Å². The van der Waals surface area contributed by atoms with Crippen LogP contribution in [0.2, 0.25) is 0 Å². The van der Waals surface area contributed by atoms with E-state index in [1.54, 1.807) is 41.0 Å². The van der Waals surface area contributed by atoms with E-state index in [2.05, 4.69) is 0 Å². The molecule has 0 saturated carbocycles. The molecule has 0 N–H and O–H groups in total. The summed E-state index contributed by atoms with van der Waals surface area (Å²) < 4.78 is 27.7. The summed E-state index contributed by atoms with van der Waals surface area (Å²) in [4.78, 5) is 28.5. The lowest BCUT2D eigenvalue weighted by Gasteiger charge is -2.28.